The van der Waals surface area contributed by atoms with Gasteiger partial charge in [-0.2, -0.15) is 0 Å². The molecule has 0 aliphatic heterocycles. The smallest absolute Gasteiger partial charge is 0.126 e. The molecule has 2 rings (SSSR count). The van der Waals surface area contributed by atoms with Gasteiger partial charge in [0, 0.05) is 17.8 Å². The van der Waals surface area contributed by atoms with Crippen molar-refractivity contribution in [1.29, 1.82) is 0 Å². The molecule has 88 valence electrons. The summed E-state index contributed by atoms with van der Waals surface area (Å²) in [5.41, 5.74) is 6.93. The van der Waals surface area contributed by atoms with Crippen molar-refractivity contribution in [2.45, 2.75) is 0 Å². The monoisotopic (exact) mass is 362 g/mol. The second-order valence-electron chi connectivity index (χ2n) is 3.34. The minimum Gasteiger partial charge on any atom is -0.397 e. The maximum absolute atomic E-state index is 13.1. The van der Waals surface area contributed by atoms with Gasteiger partial charge in [0.15, 0.2) is 0 Å². The first-order valence-corrected chi connectivity index (χ1v) is 6.13. The Morgan fingerprint density at radius 2 is 1.65 bits per heavy atom. The summed E-state index contributed by atoms with van der Waals surface area (Å²) in [7, 11) is 0. The summed E-state index contributed by atoms with van der Waals surface area (Å²) in [4.78, 5) is 4.08. The number of hydrogen-bond donors (Lipinski definition) is 1. The van der Waals surface area contributed by atoms with Gasteiger partial charge in [-0.1, -0.05) is 0 Å². The number of anilines is 1. The largest absolute Gasteiger partial charge is 0.397 e. The van der Waals surface area contributed by atoms with E-state index < -0.39 is 11.6 Å². The minimum atomic E-state index is -0.657. The van der Waals surface area contributed by atoms with E-state index >= 15 is 0 Å². The molecule has 2 nitrogen and oxygen atoms in total. The van der Waals surface area contributed by atoms with E-state index in [1.54, 1.807) is 0 Å². The van der Waals surface area contributed by atoms with Crippen molar-refractivity contribution in [1.82, 2.24) is 4.98 Å². The van der Waals surface area contributed by atoms with Gasteiger partial charge in [0.25, 0.3) is 0 Å². The fourth-order valence-corrected chi connectivity index (χ4v) is 2.48. The summed E-state index contributed by atoms with van der Waals surface area (Å²) >= 11 is 6.47. The van der Waals surface area contributed by atoms with Gasteiger partial charge in [-0.25, -0.2) is 8.78 Å². The second-order valence-corrected chi connectivity index (χ2v) is 4.99. The van der Waals surface area contributed by atoms with Gasteiger partial charge < -0.3 is 5.73 Å². The lowest BCUT2D eigenvalue weighted by atomic mass is 10.1. The molecule has 0 bridgehead atoms. The summed E-state index contributed by atoms with van der Waals surface area (Å²) in [5.74, 6) is -1.31. The SMILES string of the molecule is Nc1c(Br)cnc(-c2cc(F)cc(F)c2)c1Br. The van der Waals surface area contributed by atoms with E-state index in [0.717, 1.165) is 6.07 Å². The van der Waals surface area contributed by atoms with Gasteiger partial charge in [0.2, 0.25) is 0 Å². The average molecular weight is 364 g/mol. The van der Waals surface area contributed by atoms with Crippen molar-refractivity contribution >= 4 is 37.5 Å². The number of aromatic nitrogens is 1. The first-order valence-electron chi connectivity index (χ1n) is 4.55. The first kappa shape index (κ1) is 12.4. The average Bonchev–Trinajstić information content (AvgIpc) is 2.24. The van der Waals surface area contributed by atoms with Crippen molar-refractivity contribution in [3.8, 4) is 11.3 Å². The quantitative estimate of drug-likeness (QED) is 0.827. The Morgan fingerprint density at radius 1 is 1.06 bits per heavy atom. The molecule has 1 heterocycles. The lowest BCUT2D eigenvalue weighted by Crippen LogP contribution is -1.95. The Hall–Kier alpha value is -1.01. The molecular weight excluding hydrogens is 358 g/mol. The van der Waals surface area contributed by atoms with Gasteiger partial charge in [-0.05, 0) is 44.0 Å². The maximum atomic E-state index is 13.1. The molecule has 2 aromatic rings. The highest BCUT2D eigenvalue weighted by Crippen LogP contribution is 2.35. The minimum absolute atomic E-state index is 0.327. The van der Waals surface area contributed by atoms with Crippen LogP contribution in [0.1, 0.15) is 0 Å². The molecule has 0 fully saturated rings. The van der Waals surface area contributed by atoms with Gasteiger partial charge in [0.1, 0.15) is 11.6 Å². The van der Waals surface area contributed by atoms with Crippen LogP contribution in [0.25, 0.3) is 11.3 Å². The molecule has 1 aromatic heterocycles. The van der Waals surface area contributed by atoms with E-state index in [1.165, 1.54) is 18.3 Å². The topological polar surface area (TPSA) is 38.9 Å². The Labute approximate surface area is 113 Å². The number of rotatable bonds is 1. The molecule has 0 amide bonds. The van der Waals surface area contributed by atoms with E-state index in [9.17, 15) is 8.78 Å². The van der Waals surface area contributed by atoms with Gasteiger partial charge in [-0.15, -0.1) is 0 Å². The summed E-state index contributed by atoms with van der Waals surface area (Å²) in [6.45, 7) is 0. The van der Waals surface area contributed by atoms with Crippen LogP contribution in [0.2, 0.25) is 0 Å². The molecule has 0 unspecified atom stereocenters. The van der Waals surface area contributed by atoms with Gasteiger partial charge >= 0.3 is 0 Å². The molecule has 0 saturated carbocycles. The fourth-order valence-electron chi connectivity index (χ4n) is 1.37. The van der Waals surface area contributed by atoms with Crippen LogP contribution in [0.3, 0.4) is 0 Å². The summed E-state index contributed by atoms with van der Waals surface area (Å²) < 4.78 is 27.3. The molecule has 17 heavy (non-hydrogen) atoms. The lowest BCUT2D eigenvalue weighted by molar-refractivity contribution is 0.584. The normalized spacial score (nSPS) is 10.6. The number of pyridine rings is 1. The highest BCUT2D eigenvalue weighted by Gasteiger charge is 2.12. The molecule has 0 spiro atoms. The van der Waals surface area contributed by atoms with Crippen LogP contribution >= 0.6 is 31.9 Å². The molecule has 1 aromatic carbocycles. The number of nitrogens with zero attached hydrogens (tertiary/aromatic N) is 1. The predicted molar refractivity (Wildman–Crippen MR) is 69.4 cm³/mol. The highest BCUT2D eigenvalue weighted by atomic mass is 79.9. The highest BCUT2D eigenvalue weighted by molar-refractivity contribution is 9.11. The Kier molecular flexibility index (Phi) is 3.44. The van der Waals surface area contributed by atoms with Crippen LogP contribution in [-0.4, -0.2) is 4.98 Å². The summed E-state index contributed by atoms with van der Waals surface area (Å²) in [5, 5.41) is 0. The van der Waals surface area contributed by atoms with E-state index in [2.05, 4.69) is 36.8 Å². The van der Waals surface area contributed by atoms with Crippen molar-refractivity contribution in [3.63, 3.8) is 0 Å². The molecule has 2 N–H and O–H groups in total. The third kappa shape index (κ3) is 2.47. The Bertz CT molecular complexity index is 568. The van der Waals surface area contributed by atoms with E-state index in [-0.39, 0.29) is 0 Å². The zero-order chi connectivity index (χ0) is 12.6. The van der Waals surface area contributed by atoms with Crippen molar-refractivity contribution < 1.29 is 8.78 Å². The van der Waals surface area contributed by atoms with Crippen molar-refractivity contribution in [3.05, 3.63) is 45.0 Å². The Balaban J connectivity index is 2.64. The van der Waals surface area contributed by atoms with Crippen molar-refractivity contribution in [2.75, 3.05) is 5.73 Å². The first-order chi connectivity index (χ1) is 7.99. The molecule has 0 atom stereocenters. The van der Waals surface area contributed by atoms with Gasteiger partial charge in [-0.3, -0.25) is 4.98 Å². The predicted octanol–water partition coefficient (Wildman–Crippen LogP) is 4.13. The number of nitrogen functional groups attached to an aromatic ring is 1. The van der Waals surface area contributed by atoms with Crippen LogP contribution in [0, 0.1) is 11.6 Å². The zero-order valence-corrected chi connectivity index (χ0v) is 11.5. The summed E-state index contributed by atoms with van der Waals surface area (Å²) in [6, 6.07) is 3.20. The van der Waals surface area contributed by atoms with Crippen LogP contribution in [0.5, 0.6) is 0 Å². The third-order valence-corrected chi connectivity index (χ3v) is 3.58. The second kappa shape index (κ2) is 4.70. The number of nitrogens with two attached hydrogens (primary N) is 1. The van der Waals surface area contributed by atoms with E-state index in [1.807, 2.05) is 0 Å². The molecule has 0 aliphatic rings. The number of benzene rings is 1. The van der Waals surface area contributed by atoms with Crippen LogP contribution < -0.4 is 5.73 Å². The van der Waals surface area contributed by atoms with E-state index in [0.29, 0.717) is 25.9 Å². The number of halogens is 4. The van der Waals surface area contributed by atoms with Crippen molar-refractivity contribution in [2.24, 2.45) is 0 Å². The zero-order valence-electron chi connectivity index (χ0n) is 8.35. The molecule has 6 heteroatoms. The molecule has 0 radical (unpaired) electrons. The molecule has 0 aliphatic carbocycles. The summed E-state index contributed by atoms with van der Waals surface area (Å²) in [6.07, 6.45) is 1.48. The number of hydrogen-bond acceptors (Lipinski definition) is 2. The Morgan fingerprint density at radius 3 is 2.24 bits per heavy atom. The molecule has 0 saturated heterocycles. The standard InChI is InChI=1S/C11H6Br2F2N2/c12-8-4-17-11(9(13)10(8)16)5-1-6(14)3-7(15)2-5/h1-4H,(H2,16,17). The maximum Gasteiger partial charge on any atom is 0.126 e. The van der Waals surface area contributed by atoms with Crippen LogP contribution in [0.15, 0.2) is 33.3 Å². The lowest BCUT2D eigenvalue weighted by Gasteiger charge is -2.08. The third-order valence-electron chi connectivity index (χ3n) is 2.14. The van der Waals surface area contributed by atoms with E-state index in [4.69, 9.17) is 5.73 Å². The van der Waals surface area contributed by atoms with Crippen LogP contribution in [-0.2, 0) is 0 Å². The van der Waals surface area contributed by atoms with Gasteiger partial charge in [0.05, 0.1) is 20.3 Å². The molecular formula is C11H6Br2F2N2. The fraction of sp³-hybridized carbons (Fsp3) is 0. The van der Waals surface area contributed by atoms with Crippen LogP contribution in [0.4, 0.5) is 14.5 Å².